The van der Waals surface area contributed by atoms with Crippen molar-refractivity contribution in [3.8, 4) is 0 Å². The zero-order valence-corrected chi connectivity index (χ0v) is 9.01. The molecule has 0 aliphatic rings. The first-order valence-electron chi connectivity index (χ1n) is 5.38. The Balaban J connectivity index is 2.96. The summed E-state index contributed by atoms with van der Waals surface area (Å²) in [7, 11) is 0. The lowest BCUT2D eigenvalue weighted by Crippen LogP contribution is -2.13. The molecule has 0 aromatic heterocycles. The fraction of sp³-hybridized carbons (Fsp3) is 0.909. The Morgan fingerprint density at radius 3 is 2.23 bits per heavy atom. The first-order chi connectivity index (χ1) is 6.13. The van der Waals surface area contributed by atoms with E-state index in [0.717, 1.165) is 19.3 Å². The number of rotatable bonds is 8. The quantitative estimate of drug-likeness (QED) is 0.591. The maximum Gasteiger partial charge on any atom is 0.129 e. The summed E-state index contributed by atoms with van der Waals surface area (Å²) in [5.74, 6) is 0.315. The van der Waals surface area contributed by atoms with Gasteiger partial charge < -0.3 is 10.5 Å². The van der Waals surface area contributed by atoms with Crippen LogP contribution in [-0.4, -0.2) is 11.8 Å². The molecule has 0 fully saturated rings. The minimum Gasteiger partial charge on any atom is -0.328 e. The molecule has 78 valence electrons. The summed E-state index contributed by atoms with van der Waals surface area (Å²) in [5, 5.41) is 0. The maximum absolute atomic E-state index is 10.6. The van der Waals surface area contributed by atoms with Crippen LogP contribution in [0.4, 0.5) is 0 Å². The Morgan fingerprint density at radius 2 is 1.69 bits per heavy atom. The highest BCUT2D eigenvalue weighted by molar-refractivity contribution is 5.75. The second kappa shape index (κ2) is 8.24. The number of unbranched alkanes of at least 4 members (excludes halogenated alkanes) is 4. The lowest BCUT2D eigenvalue weighted by Gasteiger charge is -2.03. The molecule has 1 atom stereocenters. The van der Waals surface area contributed by atoms with Gasteiger partial charge in [0, 0.05) is 12.5 Å². The van der Waals surface area contributed by atoms with Crippen LogP contribution in [0.3, 0.4) is 0 Å². The smallest absolute Gasteiger partial charge is 0.129 e. The summed E-state index contributed by atoms with van der Waals surface area (Å²) < 4.78 is 0. The maximum atomic E-state index is 10.6. The third-order valence-corrected chi connectivity index (χ3v) is 2.19. The van der Waals surface area contributed by atoms with Crippen molar-refractivity contribution in [1.82, 2.24) is 0 Å². The molecule has 0 bridgehead atoms. The highest BCUT2D eigenvalue weighted by Crippen LogP contribution is 2.08. The lowest BCUT2D eigenvalue weighted by atomic mass is 10.1. The fourth-order valence-corrected chi connectivity index (χ4v) is 1.37. The number of Topliss-reactive ketones (excluding diaryl/α,β-unsaturated/α-hetero) is 1. The number of hydrogen-bond donors (Lipinski definition) is 1. The molecule has 0 saturated heterocycles. The minimum absolute atomic E-state index is 0.315. The van der Waals surface area contributed by atoms with Crippen molar-refractivity contribution >= 4 is 5.78 Å². The molecular formula is C11H23NO. The van der Waals surface area contributed by atoms with Gasteiger partial charge in [0.1, 0.15) is 5.78 Å². The zero-order chi connectivity index (χ0) is 10.1. The highest BCUT2D eigenvalue weighted by Gasteiger charge is 1.96. The summed E-state index contributed by atoms with van der Waals surface area (Å²) in [6.45, 7) is 3.71. The predicted octanol–water partition coefficient (Wildman–Crippen LogP) is 2.65. The Bertz CT molecular complexity index is 132. The Hall–Kier alpha value is -0.370. The summed E-state index contributed by atoms with van der Waals surface area (Å²) in [4.78, 5) is 10.6. The van der Waals surface area contributed by atoms with Gasteiger partial charge in [-0.25, -0.2) is 0 Å². The molecule has 0 aromatic rings. The van der Waals surface area contributed by atoms with Crippen molar-refractivity contribution in [2.24, 2.45) is 5.73 Å². The fourth-order valence-electron chi connectivity index (χ4n) is 1.37. The molecule has 0 aliphatic heterocycles. The summed E-state index contributed by atoms with van der Waals surface area (Å²) in [6, 6.07) is 0.345. The number of hydrogen-bond acceptors (Lipinski definition) is 2. The van der Waals surface area contributed by atoms with E-state index in [0.29, 0.717) is 11.8 Å². The molecule has 2 nitrogen and oxygen atoms in total. The van der Waals surface area contributed by atoms with E-state index in [2.05, 4.69) is 6.92 Å². The summed E-state index contributed by atoms with van der Waals surface area (Å²) in [6.07, 6.45) is 7.89. The standard InChI is InChI=1S/C11H23NO/c1-10(12)8-6-4-3-5-7-9-11(2)13/h10H,3-9,12H2,1-2H3. The average molecular weight is 185 g/mol. The van der Waals surface area contributed by atoms with E-state index in [-0.39, 0.29) is 0 Å². The Morgan fingerprint density at radius 1 is 1.15 bits per heavy atom. The van der Waals surface area contributed by atoms with Crippen LogP contribution in [0.15, 0.2) is 0 Å². The van der Waals surface area contributed by atoms with Gasteiger partial charge in [0.2, 0.25) is 0 Å². The summed E-state index contributed by atoms with van der Waals surface area (Å²) in [5.41, 5.74) is 5.63. The second-order valence-corrected chi connectivity index (χ2v) is 3.99. The van der Waals surface area contributed by atoms with Crippen LogP contribution in [-0.2, 0) is 4.79 Å². The van der Waals surface area contributed by atoms with E-state index in [1.807, 2.05) is 0 Å². The van der Waals surface area contributed by atoms with Crippen molar-refractivity contribution in [3.63, 3.8) is 0 Å². The number of carbonyl (C=O) groups is 1. The molecule has 0 spiro atoms. The largest absolute Gasteiger partial charge is 0.328 e. The van der Waals surface area contributed by atoms with E-state index >= 15 is 0 Å². The first-order valence-corrected chi connectivity index (χ1v) is 5.38. The van der Waals surface area contributed by atoms with Gasteiger partial charge in [0.15, 0.2) is 0 Å². The van der Waals surface area contributed by atoms with Crippen LogP contribution < -0.4 is 5.73 Å². The van der Waals surface area contributed by atoms with Gasteiger partial charge >= 0.3 is 0 Å². The van der Waals surface area contributed by atoms with Crippen LogP contribution >= 0.6 is 0 Å². The van der Waals surface area contributed by atoms with Crippen LogP contribution in [0, 0.1) is 0 Å². The predicted molar refractivity (Wildman–Crippen MR) is 56.6 cm³/mol. The van der Waals surface area contributed by atoms with E-state index in [1.54, 1.807) is 6.92 Å². The molecule has 2 heteroatoms. The number of ketones is 1. The van der Waals surface area contributed by atoms with Crippen LogP contribution in [0.25, 0.3) is 0 Å². The Kier molecular flexibility index (Phi) is 8.00. The third-order valence-electron chi connectivity index (χ3n) is 2.19. The van der Waals surface area contributed by atoms with Crippen LogP contribution in [0.5, 0.6) is 0 Å². The molecule has 0 aromatic carbocycles. The molecule has 0 aliphatic carbocycles. The van der Waals surface area contributed by atoms with Crippen molar-refractivity contribution in [3.05, 3.63) is 0 Å². The monoisotopic (exact) mass is 185 g/mol. The topological polar surface area (TPSA) is 43.1 Å². The molecule has 0 radical (unpaired) electrons. The van der Waals surface area contributed by atoms with Gasteiger partial charge in [-0.15, -0.1) is 0 Å². The van der Waals surface area contributed by atoms with Crippen molar-refractivity contribution in [1.29, 1.82) is 0 Å². The van der Waals surface area contributed by atoms with Crippen LogP contribution in [0.2, 0.25) is 0 Å². The molecule has 0 rings (SSSR count). The second-order valence-electron chi connectivity index (χ2n) is 3.99. The lowest BCUT2D eigenvalue weighted by molar-refractivity contribution is -0.117. The van der Waals surface area contributed by atoms with Gasteiger partial charge in [-0.1, -0.05) is 25.7 Å². The van der Waals surface area contributed by atoms with Gasteiger partial charge in [0.05, 0.1) is 0 Å². The third kappa shape index (κ3) is 11.6. The zero-order valence-electron chi connectivity index (χ0n) is 9.01. The molecule has 0 saturated carbocycles. The molecule has 2 N–H and O–H groups in total. The van der Waals surface area contributed by atoms with E-state index in [9.17, 15) is 4.79 Å². The van der Waals surface area contributed by atoms with Gasteiger partial charge in [0.25, 0.3) is 0 Å². The highest BCUT2D eigenvalue weighted by atomic mass is 16.1. The van der Waals surface area contributed by atoms with Gasteiger partial charge in [-0.3, -0.25) is 0 Å². The normalized spacial score (nSPS) is 12.8. The van der Waals surface area contributed by atoms with E-state index < -0.39 is 0 Å². The van der Waals surface area contributed by atoms with Gasteiger partial charge in [-0.05, 0) is 26.7 Å². The number of nitrogens with two attached hydrogens (primary N) is 1. The van der Waals surface area contributed by atoms with Crippen molar-refractivity contribution in [2.45, 2.75) is 64.8 Å². The van der Waals surface area contributed by atoms with E-state index in [1.165, 1.54) is 25.7 Å². The van der Waals surface area contributed by atoms with E-state index in [4.69, 9.17) is 5.73 Å². The molecule has 13 heavy (non-hydrogen) atoms. The van der Waals surface area contributed by atoms with Crippen molar-refractivity contribution < 1.29 is 4.79 Å². The molecule has 1 unspecified atom stereocenters. The Labute approximate surface area is 81.9 Å². The average Bonchev–Trinajstić information content (AvgIpc) is 2.01. The summed E-state index contributed by atoms with van der Waals surface area (Å²) >= 11 is 0. The first kappa shape index (κ1) is 12.6. The number of carbonyl (C=O) groups excluding carboxylic acids is 1. The molecular weight excluding hydrogens is 162 g/mol. The SMILES string of the molecule is CC(=O)CCCCCCCC(C)N. The van der Waals surface area contributed by atoms with Crippen LogP contribution in [0.1, 0.15) is 58.8 Å². The molecule has 0 amide bonds. The minimum atomic E-state index is 0.315. The molecule has 0 heterocycles. The van der Waals surface area contributed by atoms with Crippen molar-refractivity contribution in [2.75, 3.05) is 0 Å². The van der Waals surface area contributed by atoms with Gasteiger partial charge in [-0.2, -0.15) is 0 Å².